The third-order valence-electron chi connectivity index (χ3n) is 4.17. The Balaban J connectivity index is 2.03. The van der Waals surface area contributed by atoms with Crippen LogP contribution in [0.4, 0.5) is 0 Å². The van der Waals surface area contributed by atoms with E-state index in [-0.39, 0.29) is 18.3 Å². The van der Waals surface area contributed by atoms with Crippen LogP contribution in [-0.2, 0) is 9.53 Å². The van der Waals surface area contributed by atoms with E-state index >= 15 is 0 Å². The Morgan fingerprint density at radius 3 is 2.52 bits per heavy atom. The third-order valence-corrected chi connectivity index (χ3v) is 4.17. The van der Waals surface area contributed by atoms with Crippen molar-refractivity contribution in [3.8, 4) is 0 Å². The minimum Gasteiger partial charge on any atom is -0.481 e. The number of carbonyl (C=O) groups excluding carboxylic acids is 1. The first-order chi connectivity index (χ1) is 11.0. The molecule has 5 heteroatoms. The molecule has 126 valence electrons. The van der Waals surface area contributed by atoms with Gasteiger partial charge in [-0.2, -0.15) is 0 Å². The normalized spacial score (nSPS) is 19.0. The van der Waals surface area contributed by atoms with Crippen LogP contribution in [0.2, 0.25) is 0 Å². The molecule has 0 radical (unpaired) electrons. The number of carboxylic acid groups (broad SMARTS) is 1. The van der Waals surface area contributed by atoms with Crippen molar-refractivity contribution in [2.24, 2.45) is 0 Å². The molecule has 2 rings (SSSR count). The third kappa shape index (κ3) is 5.15. The maximum Gasteiger partial charge on any atom is 0.305 e. The number of aliphatic carboxylic acids is 1. The first-order valence-corrected chi connectivity index (χ1v) is 8.18. The van der Waals surface area contributed by atoms with Gasteiger partial charge in [0.1, 0.15) is 0 Å². The van der Waals surface area contributed by atoms with Crippen LogP contribution in [0, 0.1) is 0 Å². The van der Waals surface area contributed by atoms with E-state index in [0.717, 1.165) is 25.0 Å². The van der Waals surface area contributed by atoms with Gasteiger partial charge in [0.05, 0.1) is 18.6 Å². The second-order valence-corrected chi connectivity index (χ2v) is 6.33. The van der Waals surface area contributed by atoms with Gasteiger partial charge >= 0.3 is 5.97 Å². The summed E-state index contributed by atoms with van der Waals surface area (Å²) in [5.41, 5.74) is 1.70. The van der Waals surface area contributed by atoms with Gasteiger partial charge in [-0.3, -0.25) is 9.59 Å². The number of benzene rings is 1. The smallest absolute Gasteiger partial charge is 0.305 e. The van der Waals surface area contributed by atoms with Crippen molar-refractivity contribution in [2.75, 3.05) is 13.2 Å². The van der Waals surface area contributed by atoms with Crippen molar-refractivity contribution >= 4 is 11.8 Å². The van der Waals surface area contributed by atoms with E-state index in [1.807, 2.05) is 12.1 Å². The summed E-state index contributed by atoms with van der Waals surface area (Å²) < 4.78 is 5.51. The lowest BCUT2D eigenvalue weighted by Gasteiger charge is -2.19. The SMILES string of the molecule is CC(C)c1ccc(C(=O)C(CC(=O)O)NCC2CCCO2)cc1. The summed E-state index contributed by atoms with van der Waals surface area (Å²) in [7, 11) is 0. The lowest BCUT2D eigenvalue weighted by Crippen LogP contribution is -2.42. The summed E-state index contributed by atoms with van der Waals surface area (Å²) in [6, 6.07) is 6.69. The summed E-state index contributed by atoms with van der Waals surface area (Å²) in [5.74, 6) is -0.769. The molecule has 2 atom stereocenters. The fourth-order valence-electron chi connectivity index (χ4n) is 2.74. The van der Waals surface area contributed by atoms with Gasteiger partial charge in [-0.25, -0.2) is 0 Å². The average molecular weight is 319 g/mol. The number of hydrogen-bond donors (Lipinski definition) is 2. The van der Waals surface area contributed by atoms with Gasteiger partial charge in [-0.15, -0.1) is 0 Å². The highest BCUT2D eigenvalue weighted by atomic mass is 16.5. The maximum atomic E-state index is 12.6. The van der Waals surface area contributed by atoms with Crippen molar-refractivity contribution in [1.29, 1.82) is 0 Å². The number of hydrogen-bond acceptors (Lipinski definition) is 4. The molecule has 1 fully saturated rings. The van der Waals surface area contributed by atoms with E-state index in [0.29, 0.717) is 18.0 Å². The molecule has 1 aromatic carbocycles. The Kier molecular flexibility index (Phi) is 6.30. The molecule has 0 aliphatic carbocycles. The number of carboxylic acids is 1. The zero-order valence-electron chi connectivity index (χ0n) is 13.7. The van der Waals surface area contributed by atoms with Crippen LogP contribution in [0.5, 0.6) is 0 Å². The standard InChI is InChI=1S/C18H25NO4/c1-12(2)13-5-7-14(8-6-13)18(22)16(10-17(20)21)19-11-15-4-3-9-23-15/h5-8,12,15-16,19H,3-4,9-11H2,1-2H3,(H,20,21). The lowest BCUT2D eigenvalue weighted by atomic mass is 9.97. The Hall–Kier alpha value is -1.72. The molecule has 0 aromatic heterocycles. The van der Waals surface area contributed by atoms with E-state index < -0.39 is 12.0 Å². The van der Waals surface area contributed by atoms with Gasteiger partial charge < -0.3 is 15.2 Å². The minimum absolute atomic E-state index is 0.0717. The van der Waals surface area contributed by atoms with Gasteiger partial charge in [0, 0.05) is 18.7 Å². The van der Waals surface area contributed by atoms with Gasteiger partial charge in [0.15, 0.2) is 5.78 Å². The molecule has 1 saturated heterocycles. The molecule has 1 aliphatic heterocycles. The Bertz CT molecular complexity index is 532. The van der Waals surface area contributed by atoms with Crippen LogP contribution in [0.15, 0.2) is 24.3 Å². The van der Waals surface area contributed by atoms with Crippen LogP contribution in [0.1, 0.15) is 54.9 Å². The fourth-order valence-corrected chi connectivity index (χ4v) is 2.74. The van der Waals surface area contributed by atoms with Crippen molar-refractivity contribution in [1.82, 2.24) is 5.32 Å². The zero-order chi connectivity index (χ0) is 16.8. The zero-order valence-corrected chi connectivity index (χ0v) is 13.7. The molecule has 1 aliphatic rings. The fraction of sp³-hybridized carbons (Fsp3) is 0.556. The first-order valence-electron chi connectivity index (χ1n) is 8.18. The molecule has 2 unspecified atom stereocenters. The number of ether oxygens (including phenoxy) is 1. The molecule has 0 bridgehead atoms. The van der Waals surface area contributed by atoms with E-state index in [1.54, 1.807) is 12.1 Å². The minimum atomic E-state index is -0.984. The molecular weight excluding hydrogens is 294 g/mol. The van der Waals surface area contributed by atoms with Crippen LogP contribution in [-0.4, -0.2) is 42.2 Å². The summed E-state index contributed by atoms with van der Waals surface area (Å²) in [6.07, 6.45) is 1.81. The monoisotopic (exact) mass is 319 g/mol. The Morgan fingerprint density at radius 1 is 1.30 bits per heavy atom. The van der Waals surface area contributed by atoms with E-state index in [2.05, 4.69) is 19.2 Å². The number of rotatable bonds is 8. The second kappa shape index (κ2) is 8.22. The van der Waals surface area contributed by atoms with Crippen molar-refractivity contribution in [3.63, 3.8) is 0 Å². The van der Waals surface area contributed by atoms with Gasteiger partial charge in [-0.1, -0.05) is 38.1 Å². The summed E-state index contributed by atoms with van der Waals surface area (Å²) in [4.78, 5) is 23.7. The molecule has 5 nitrogen and oxygen atoms in total. The molecule has 0 amide bonds. The van der Waals surface area contributed by atoms with Crippen LogP contribution >= 0.6 is 0 Å². The summed E-state index contributed by atoms with van der Waals surface area (Å²) >= 11 is 0. The van der Waals surface area contributed by atoms with Crippen molar-refractivity contribution in [3.05, 3.63) is 35.4 Å². The summed E-state index contributed by atoms with van der Waals surface area (Å²) in [6.45, 7) is 5.43. The van der Waals surface area contributed by atoms with Crippen molar-refractivity contribution < 1.29 is 19.4 Å². The van der Waals surface area contributed by atoms with Crippen LogP contribution < -0.4 is 5.32 Å². The van der Waals surface area contributed by atoms with E-state index in [9.17, 15) is 9.59 Å². The molecular formula is C18H25NO4. The number of carbonyl (C=O) groups is 2. The van der Waals surface area contributed by atoms with Crippen molar-refractivity contribution in [2.45, 2.75) is 51.2 Å². The quantitative estimate of drug-likeness (QED) is 0.720. The second-order valence-electron chi connectivity index (χ2n) is 6.33. The molecule has 0 spiro atoms. The van der Waals surface area contributed by atoms with E-state index in [4.69, 9.17) is 9.84 Å². The molecule has 1 heterocycles. The molecule has 1 aromatic rings. The van der Waals surface area contributed by atoms with E-state index in [1.165, 1.54) is 0 Å². The van der Waals surface area contributed by atoms with Crippen LogP contribution in [0.3, 0.4) is 0 Å². The first kappa shape index (κ1) is 17.6. The van der Waals surface area contributed by atoms with Gasteiger partial charge in [-0.05, 0) is 24.3 Å². The Morgan fingerprint density at radius 2 is 2.00 bits per heavy atom. The Labute approximate surface area is 137 Å². The number of ketones is 1. The number of nitrogens with one attached hydrogen (secondary N) is 1. The van der Waals surface area contributed by atoms with Crippen LogP contribution in [0.25, 0.3) is 0 Å². The molecule has 2 N–H and O–H groups in total. The summed E-state index contributed by atoms with van der Waals surface area (Å²) in [5, 5.41) is 12.1. The highest BCUT2D eigenvalue weighted by Crippen LogP contribution is 2.17. The number of Topliss-reactive ketones (excluding diaryl/α,β-unsaturated/α-hetero) is 1. The predicted molar refractivity (Wildman–Crippen MR) is 87.9 cm³/mol. The highest BCUT2D eigenvalue weighted by Gasteiger charge is 2.25. The van der Waals surface area contributed by atoms with Gasteiger partial charge in [0.2, 0.25) is 0 Å². The molecule has 0 saturated carbocycles. The highest BCUT2D eigenvalue weighted by molar-refractivity contribution is 6.01. The largest absolute Gasteiger partial charge is 0.481 e. The lowest BCUT2D eigenvalue weighted by molar-refractivity contribution is -0.137. The van der Waals surface area contributed by atoms with Gasteiger partial charge in [0.25, 0.3) is 0 Å². The topological polar surface area (TPSA) is 75.6 Å². The predicted octanol–water partition coefficient (Wildman–Crippen LogP) is 2.60. The maximum absolute atomic E-state index is 12.6. The average Bonchev–Trinajstić information content (AvgIpc) is 3.04. The molecule has 23 heavy (non-hydrogen) atoms.